The van der Waals surface area contributed by atoms with Crippen molar-refractivity contribution >= 4 is 34.6 Å². The summed E-state index contributed by atoms with van der Waals surface area (Å²) < 4.78 is 0. The van der Waals surface area contributed by atoms with Crippen LogP contribution in [0.5, 0.6) is 0 Å². The highest BCUT2D eigenvalue weighted by Crippen LogP contribution is 2.21. The number of hydrogen-bond acceptors (Lipinski definition) is 6. The lowest BCUT2D eigenvalue weighted by Gasteiger charge is -2.19. The van der Waals surface area contributed by atoms with E-state index in [-0.39, 0.29) is 17.5 Å². The van der Waals surface area contributed by atoms with Crippen LogP contribution in [-0.4, -0.2) is 34.3 Å². The molecule has 2 rings (SSSR count). The highest BCUT2D eigenvalue weighted by molar-refractivity contribution is 7.14. The predicted octanol–water partition coefficient (Wildman–Crippen LogP) is 1.85. The van der Waals surface area contributed by atoms with E-state index in [2.05, 4.69) is 15.5 Å². The minimum atomic E-state index is -1.20. The number of rotatable bonds is 6. The molecular weight excluding hydrogens is 282 g/mol. The van der Waals surface area contributed by atoms with Crippen LogP contribution >= 0.6 is 11.3 Å². The first-order chi connectivity index (χ1) is 9.70. The van der Waals surface area contributed by atoms with E-state index < -0.39 is 5.97 Å². The Morgan fingerprint density at radius 2 is 2.25 bits per heavy atom. The first kappa shape index (κ1) is 14.4. The highest BCUT2D eigenvalue weighted by atomic mass is 32.1. The summed E-state index contributed by atoms with van der Waals surface area (Å²) in [5.74, 6) is -1.20. The van der Waals surface area contributed by atoms with Crippen molar-refractivity contribution < 1.29 is 19.5 Å². The molecule has 1 aliphatic rings. The van der Waals surface area contributed by atoms with E-state index in [1.807, 2.05) is 0 Å². The van der Waals surface area contributed by atoms with Gasteiger partial charge in [-0.25, -0.2) is 9.78 Å². The zero-order chi connectivity index (χ0) is 14.4. The molecule has 0 spiro atoms. The van der Waals surface area contributed by atoms with E-state index >= 15 is 0 Å². The van der Waals surface area contributed by atoms with Gasteiger partial charge in [0.15, 0.2) is 5.13 Å². The summed E-state index contributed by atoms with van der Waals surface area (Å²) in [6, 6.07) is 0. The van der Waals surface area contributed by atoms with E-state index in [1.54, 1.807) is 0 Å². The lowest BCUT2D eigenvalue weighted by atomic mass is 9.98. The number of carboxylic acid groups (broad SMARTS) is 1. The number of oxime groups is 1. The molecule has 1 fully saturated rings. The zero-order valence-corrected chi connectivity index (χ0v) is 11.6. The fourth-order valence-electron chi connectivity index (χ4n) is 1.99. The Balaban J connectivity index is 2.08. The summed E-state index contributed by atoms with van der Waals surface area (Å²) in [7, 11) is 0. The lowest BCUT2D eigenvalue weighted by molar-refractivity contribution is -0.129. The molecule has 7 nitrogen and oxygen atoms in total. The van der Waals surface area contributed by atoms with Gasteiger partial charge in [-0.3, -0.25) is 4.79 Å². The second-order valence-electron chi connectivity index (χ2n) is 4.41. The SMILES string of the molecule is O=CNc1nc(C(=NOC2CCCCC2)C(=O)O)cs1. The van der Waals surface area contributed by atoms with Gasteiger partial charge in [0.25, 0.3) is 0 Å². The summed E-state index contributed by atoms with van der Waals surface area (Å²) in [6.07, 6.45) is 5.58. The molecule has 0 aromatic carbocycles. The van der Waals surface area contributed by atoms with E-state index in [0.717, 1.165) is 37.0 Å². The monoisotopic (exact) mass is 297 g/mol. The molecule has 1 aliphatic carbocycles. The van der Waals surface area contributed by atoms with Gasteiger partial charge in [0.2, 0.25) is 12.1 Å². The van der Waals surface area contributed by atoms with Gasteiger partial charge in [-0.05, 0) is 25.7 Å². The standard InChI is InChI=1S/C12H15N3O4S/c16-7-13-12-14-9(6-20-12)10(11(17)18)15-19-8-4-2-1-3-5-8/h6-8H,1-5H2,(H,17,18)(H,13,14,16). The van der Waals surface area contributed by atoms with Crippen LogP contribution in [0.25, 0.3) is 0 Å². The summed E-state index contributed by atoms with van der Waals surface area (Å²) in [6.45, 7) is 0. The number of anilines is 1. The molecule has 20 heavy (non-hydrogen) atoms. The van der Waals surface area contributed by atoms with Crippen LogP contribution in [0.3, 0.4) is 0 Å². The molecule has 1 aromatic rings. The van der Waals surface area contributed by atoms with Crippen LogP contribution in [0, 0.1) is 0 Å². The van der Waals surface area contributed by atoms with Gasteiger partial charge < -0.3 is 15.3 Å². The van der Waals surface area contributed by atoms with Crippen molar-refractivity contribution in [2.75, 3.05) is 5.32 Å². The highest BCUT2D eigenvalue weighted by Gasteiger charge is 2.20. The molecule has 8 heteroatoms. The van der Waals surface area contributed by atoms with E-state index in [4.69, 9.17) is 9.94 Å². The van der Waals surface area contributed by atoms with Gasteiger partial charge >= 0.3 is 5.97 Å². The molecule has 1 saturated carbocycles. The van der Waals surface area contributed by atoms with Crippen molar-refractivity contribution in [3.63, 3.8) is 0 Å². The Hall–Kier alpha value is -1.96. The fourth-order valence-corrected chi connectivity index (χ4v) is 2.65. The number of carboxylic acids is 1. The predicted molar refractivity (Wildman–Crippen MR) is 73.9 cm³/mol. The van der Waals surface area contributed by atoms with Crippen molar-refractivity contribution in [3.8, 4) is 0 Å². The smallest absolute Gasteiger partial charge is 0.360 e. The number of nitrogens with one attached hydrogen (secondary N) is 1. The average Bonchev–Trinajstić information content (AvgIpc) is 2.89. The van der Waals surface area contributed by atoms with Gasteiger partial charge in [0.1, 0.15) is 11.8 Å². The molecule has 1 aromatic heterocycles. The Morgan fingerprint density at radius 1 is 1.50 bits per heavy atom. The third-order valence-corrected chi connectivity index (χ3v) is 3.75. The second-order valence-corrected chi connectivity index (χ2v) is 5.27. The van der Waals surface area contributed by atoms with Gasteiger partial charge in [-0.1, -0.05) is 11.6 Å². The normalized spacial score (nSPS) is 16.7. The lowest BCUT2D eigenvalue weighted by Crippen LogP contribution is -2.19. The molecule has 0 radical (unpaired) electrons. The Bertz CT molecular complexity index is 509. The maximum Gasteiger partial charge on any atom is 0.360 e. The average molecular weight is 297 g/mol. The summed E-state index contributed by atoms with van der Waals surface area (Å²) in [5.41, 5.74) is -0.0616. The number of nitrogens with zero attached hydrogens (tertiary/aromatic N) is 2. The van der Waals surface area contributed by atoms with Crippen molar-refractivity contribution in [3.05, 3.63) is 11.1 Å². The minimum Gasteiger partial charge on any atom is -0.476 e. The molecule has 1 heterocycles. The van der Waals surface area contributed by atoms with Crippen LogP contribution in [0.4, 0.5) is 5.13 Å². The number of amides is 1. The van der Waals surface area contributed by atoms with Gasteiger partial charge in [0, 0.05) is 5.38 Å². The second kappa shape index (κ2) is 6.99. The van der Waals surface area contributed by atoms with E-state index in [9.17, 15) is 9.59 Å². The molecule has 0 bridgehead atoms. The van der Waals surface area contributed by atoms with E-state index in [1.165, 1.54) is 11.8 Å². The first-order valence-electron chi connectivity index (χ1n) is 6.34. The topological polar surface area (TPSA) is 101 Å². The molecule has 0 atom stereocenters. The van der Waals surface area contributed by atoms with Crippen LogP contribution in [0.15, 0.2) is 10.5 Å². The molecule has 0 saturated heterocycles. The number of thiazole rings is 1. The fraction of sp³-hybridized carbons (Fsp3) is 0.500. The number of carbonyl (C=O) groups is 2. The molecule has 0 aliphatic heterocycles. The Kier molecular flexibility index (Phi) is 5.05. The Morgan fingerprint density at radius 3 is 2.90 bits per heavy atom. The van der Waals surface area contributed by atoms with Crippen molar-refractivity contribution in [2.24, 2.45) is 5.16 Å². The number of hydrogen-bond donors (Lipinski definition) is 2. The quantitative estimate of drug-likeness (QED) is 0.474. The molecular formula is C12H15N3O4S. The van der Waals surface area contributed by atoms with Crippen LogP contribution in [0.2, 0.25) is 0 Å². The molecule has 1 amide bonds. The van der Waals surface area contributed by atoms with Crippen LogP contribution in [-0.2, 0) is 14.4 Å². The molecule has 108 valence electrons. The van der Waals surface area contributed by atoms with Gasteiger partial charge in [0.05, 0.1) is 0 Å². The van der Waals surface area contributed by atoms with Gasteiger partial charge in [-0.15, -0.1) is 11.3 Å². The maximum atomic E-state index is 11.2. The zero-order valence-electron chi connectivity index (χ0n) is 10.7. The van der Waals surface area contributed by atoms with Crippen molar-refractivity contribution in [1.82, 2.24) is 4.98 Å². The molecule has 0 unspecified atom stereocenters. The summed E-state index contributed by atoms with van der Waals surface area (Å²) in [5, 5.41) is 17.1. The third-order valence-electron chi connectivity index (χ3n) is 2.98. The maximum absolute atomic E-state index is 11.2. The van der Waals surface area contributed by atoms with E-state index in [0.29, 0.717) is 11.5 Å². The Labute approximate surface area is 119 Å². The van der Waals surface area contributed by atoms with Crippen LogP contribution in [0.1, 0.15) is 37.8 Å². The summed E-state index contributed by atoms with van der Waals surface area (Å²) >= 11 is 1.13. The van der Waals surface area contributed by atoms with Crippen molar-refractivity contribution in [1.29, 1.82) is 0 Å². The molecule has 2 N–H and O–H groups in total. The first-order valence-corrected chi connectivity index (χ1v) is 7.22. The third kappa shape index (κ3) is 3.77. The summed E-state index contributed by atoms with van der Waals surface area (Å²) in [4.78, 5) is 30.8. The van der Waals surface area contributed by atoms with Crippen molar-refractivity contribution in [2.45, 2.75) is 38.2 Å². The van der Waals surface area contributed by atoms with Gasteiger partial charge in [-0.2, -0.15) is 0 Å². The number of aliphatic carboxylic acids is 1. The largest absolute Gasteiger partial charge is 0.476 e. The minimum absolute atomic E-state index is 0.0238. The number of aromatic nitrogens is 1. The number of carbonyl (C=O) groups excluding carboxylic acids is 1. The van der Waals surface area contributed by atoms with Crippen LogP contribution < -0.4 is 5.32 Å².